The van der Waals surface area contributed by atoms with Gasteiger partial charge in [0.15, 0.2) is 5.65 Å². The van der Waals surface area contributed by atoms with Gasteiger partial charge in [-0.15, -0.1) is 0 Å². The number of aromatic nitrogens is 3. The van der Waals surface area contributed by atoms with E-state index in [9.17, 15) is 0 Å². The van der Waals surface area contributed by atoms with Crippen LogP contribution in [0.5, 0.6) is 0 Å². The number of aryl methyl sites for hydroxylation is 2. The summed E-state index contributed by atoms with van der Waals surface area (Å²) >= 11 is 0. The van der Waals surface area contributed by atoms with Crippen molar-refractivity contribution in [2.45, 2.75) is 20.3 Å². The monoisotopic (exact) mass is 343 g/mol. The first-order chi connectivity index (χ1) is 12.7. The van der Waals surface area contributed by atoms with Crippen molar-refractivity contribution in [3.63, 3.8) is 0 Å². The first kappa shape index (κ1) is 16.1. The molecule has 0 atom stereocenters. The van der Waals surface area contributed by atoms with Crippen LogP contribution in [-0.4, -0.2) is 14.4 Å². The van der Waals surface area contributed by atoms with Crippen LogP contribution in [0.4, 0.5) is 17.2 Å². The van der Waals surface area contributed by atoms with E-state index >= 15 is 0 Å². The number of benzene rings is 2. The Labute approximate surface area is 152 Å². The Balaban J connectivity index is 1.91. The van der Waals surface area contributed by atoms with Gasteiger partial charge in [0.05, 0.1) is 6.20 Å². The fraction of sp³-hybridized carbons (Fsp3) is 0.143. The predicted molar refractivity (Wildman–Crippen MR) is 107 cm³/mol. The number of fused-ring (bicyclic) bond motifs is 1. The fourth-order valence-electron chi connectivity index (χ4n) is 3.19. The predicted octanol–water partition coefficient (Wildman–Crippen LogP) is 4.59. The van der Waals surface area contributed by atoms with E-state index in [2.05, 4.69) is 42.3 Å². The van der Waals surface area contributed by atoms with Gasteiger partial charge in [-0.1, -0.05) is 37.3 Å². The molecule has 0 aliphatic heterocycles. The lowest BCUT2D eigenvalue weighted by Gasteiger charge is -2.15. The summed E-state index contributed by atoms with van der Waals surface area (Å²) in [5, 5.41) is 3.64. The molecule has 0 saturated carbocycles. The van der Waals surface area contributed by atoms with Crippen LogP contribution in [0, 0.1) is 6.92 Å². The summed E-state index contributed by atoms with van der Waals surface area (Å²) in [6.07, 6.45) is 6.42. The Morgan fingerprint density at radius 3 is 2.69 bits per heavy atom. The van der Waals surface area contributed by atoms with Crippen molar-refractivity contribution in [3.05, 3.63) is 72.2 Å². The number of nitrogen functional groups attached to an aromatic ring is 1. The Morgan fingerprint density at radius 2 is 1.92 bits per heavy atom. The van der Waals surface area contributed by atoms with Crippen LogP contribution in [0.3, 0.4) is 0 Å². The van der Waals surface area contributed by atoms with Gasteiger partial charge in [-0.2, -0.15) is 0 Å². The van der Waals surface area contributed by atoms with Gasteiger partial charge in [-0.25, -0.2) is 4.98 Å². The molecule has 3 N–H and O–H groups in total. The Hall–Kier alpha value is -3.34. The van der Waals surface area contributed by atoms with E-state index in [0.717, 1.165) is 40.5 Å². The number of nitrogens with two attached hydrogens (primary N) is 1. The quantitative estimate of drug-likeness (QED) is 0.532. The molecule has 2 aromatic heterocycles. The Bertz CT molecular complexity index is 1060. The lowest BCUT2D eigenvalue weighted by Crippen LogP contribution is -2.02. The molecular formula is C21H21N5. The van der Waals surface area contributed by atoms with Gasteiger partial charge in [0.1, 0.15) is 11.5 Å². The standard InChI is InChI=1S/C21H21N5/c1-3-15-6-4-5-14(2)19(15)25-21-20(16-7-9-17(22)10-8-16)24-18-13-23-11-12-26(18)21/h4-13,25H,3,22H2,1-2H3. The van der Waals surface area contributed by atoms with E-state index in [-0.39, 0.29) is 0 Å². The van der Waals surface area contributed by atoms with Crippen LogP contribution in [-0.2, 0) is 6.42 Å². The van der Waals surface area contributed by atoms with Crippen LogP contribution < -0.4 is 11.1 Å². The number of hydrogen-bond donors (Lipinski definition) is 2. The lowest BCUT2D eigenvalue weighted by atomic mass is 10.1. The minimum Gasteiger partial charge on any atom is -0.399 e. The van der Waals surface area contributed by atoms with Gasteiger partial charge in [-0.05, 0) is 36.6 Å². The molecule has 5 heteroatoms. The first-order valence-corrected chi connectivity index (χ1v) is 8.71. The first-order valence-electron chi connectivity index (χ1n) is 8.71. The van der Waals surface area contributed by atoms with E-state index in [1.54, 1.807) is 12.4 Å². The van der Waals surface area contributed by atoms with Crippen molar-refractivity contribution in [3.8, 4) is 11.3 Å². The number of imidazole rings is 1. The summed E-state index contributed by atoms with van der Waals surface area (Å²) in [6, 6.07) is 14.2. The molecule has 26 heavy (non-hydrogen) atoms. The third kappa shape index (κ3) is 2.77. The van der Waals surface area contributed by atoms with Gasteiger partial charge < -0.3 is 11.1 Å². The molecule has 2 aromatic carbocycles. The van der Waals surface area contributed by atoms with Crippen molar-refractivity contribution in [1.29, 1.82) is 0 Å². The van der Waals surface area contributed by atoms with E-state index in [1.165, 1.54) is 11.1 Å². The SMILES string of the molecule is CCc1cccc(C)c1Nc1c(-c2ccc(N)cc2)nc2cnccn12. The van der Waals surface area contributed by atoms with Crippen molar-refractivity contribution < 1.29 is 0 Å². The maximum absolute atomic E-state index is 5.85. The Kier molecular flexibility index (Phi) is 4.05. The summed E-state index contributed by atoms with van der Waals surface area (Å²) in [6.45, 7) is 4.29. The molecule has 4 rings (SSSR count). The van der Waals surface area contributed by atoms with E-state index in [4.69, 9.17) is 10.7 Å². The second kappa shape index (κ2) is 6.52. The molecular weight excluding hydrogens is 322 g/mol. The van der Waals surface area contributed by atoms with E-state index in [1.807, 2.05) is 34.9 Å². The average molecular weight is 343 g/mol. The number of hydrogen-bond acceptors (Lipinski definition) is 4. The minimum atomic E-state index is 0.737. The Morgan fingerprint density at radius 1 is 1.12 bits per heavy atom. The third-order valence-electron chi connectivity index (χ3n) is 4.60. The molecule has 0 aliphatic rings. The molecule has 5 nitrogen and oxygen atoms in total. The van der Waals surface area contributed by atoms with Gasteiger partial charge in [0.25, 0.3) is 0 Å². The van der Waals surface area contributed by atoms with E-state index in [0.29, 0.717) is 0 Å². The zero-order valence-electron chi connectivity index (χ0n) is 14.9. The molecule has 0 bridgehead atoms. The molecule has 0 amide bonds. The number of anilines is 3. The second-order valence-electron chi connectivity index (χ2n) is 6.32. The van der Waals surface area contributed by atoms with Crippen molar-refractivity contribution in [2.75, 3.05) is 11.1 Å². The van der Waals surface area contributed by atoms with E-state index < -0.39 is 0 Å². The molecule has 2 heterocycles. The highest BCUT2D eigenvalue weighted by molar-refractivity contribution is 5.81. The lowest BCUT2D eigenvalue weighted by molar-refractivity contribution is 1.11. The summed E-state index contributed by atoms with van der Waals surface area (Å²) in [7, 11) is 0. The van der Waals surface area contributed by atoms with Crippen LogP contribution in [0.15, 0.2) is 61.1 Å². The molecule has 0 radical (unpaired) electrons. The zero-order valence-corrected chi connectivity index (χ0v) is 14.9. The summed E-state index contributed by atoms with van der Waals surface area (Å²) in [5.74, 6) is 0.927. The number of nitrogens with zero attached hydrogens (tertiary/aromatic N) is 3. The van der Waals surface area contributed by atoms with Gasteiger partial charge >= 0.3 is 0 Å². The van der Waals surface area contributed by atoms with Crippen LogP contribution in [0.25, 0.3) is 16.9 Å². The molecule has 0 aliphatic carbocycles. The minimum absolute atomic E-state index is 0.737. The second-order valence-corrected chi connectivity index (χ2v) is 6.32. The third-order valence-corrected chi connectivity index (χ3v) is 4.60. The highest BCUT2D eigenvalue weighted by atomic mass is 15.1. The molecule has 0 saturated heterocycles. The number of rotatable bonds is 4. The van der Waals surface area contributed by atoms with Crippen LogP contribution in [0.1, 0.15) is 18.1 Å². The summed E-state index contributed by atoms with van der Waals surface area (Å²) in [5.41, 5.74) is 12.9. The van der Waals surface area contributed by atoms with Crippen molar-refractivity contribution >= 4 is 22.8 Å². The van der Waals surface area contributed by atoms with Crippen molar-refractivity contribution in [1.82, 2.24) is 14.4 Å². The largest absolute Gasteiger partial charge is 0.399 e. The number of nitrogens with one attached hydrogen (secondary N) is 1. The fourth-order valence-corrected chi connectivity index (χ4v) is 3.19. The van der Waals surface area contributed by atoms with Gasteiger partial charge in [0, 0.05) is 29.3 Å². The molecule has 4 aromatic rings. The molecule has 0 fully saturated rings. The number of para-hydroxylation sites is 1. The highest BCUT2D eigenvalue weighted by Gasteiger charge is 2.16. The van der Waals surface area contributed by atoms with Crippen LogP contribution in [0.2, 0.25) is 0 Å². The summed E-state index contributed by atoms with van der Waals surface area (Å²) < 4.78 is 2.03. The molecule has 0 spiro atoms. The highest BCUT2D eigenvalue weighted by Crippen LogP contribution is 2.33. The van der Waals surface area contributed by atoms with Gasteiger partial charge in [0.2, 0.25) is 0 Å². The smallest absolute Gasteiger partial charge is 0.157 e. The van der Waals surface area contributed by atoms with Crippen molar-refractivity contribution in [2.24, 2.45) is 0 Å². The van der Waals surface area contributed by atoms with Gasteiger partial charge in [-0.3, -0.25) is 9.38 Å². The van der Waals surface area contributed by atoms with Crippen LogP contribution >= 0.6 is 0 Å². The zero-order chi connectivity index (χ0) is 18.1. The summed E-state index contributed by atoms with van der Waals surface area (Å²) in [4.78, 5) is 8.99. The maximum atomic E-state index is 5.85. The average Bonchev–Trinajstić information content (AvgIpc) is 3.02. The maximum Gasteiger partial charge on any atom is 0.157 e. The normalized spacial score (nSPS) is 11.0. The molecule has 130 valence electrons. The molecule has 0 unspecified atom stereocenters. The topological polar surface area (TPSA) is 68.2 Å².